The predicted octanol–water partition coefficient (Wildman–Crippen LogP) is 1.90. The molecule has 1 aromatic heterocycles. The van der Waals surface area contributed by atoms with Crippen LogP contribution in [0.3, 0.4) is 0 Å². The number of hydrogen-bond acceptors (Lipinski definition) is 6. The maximum Gasteiger partial charge on any atom is 0.360 e. The Balaban J connectivity index is 1.72. The van der Waals surface area contributed by atoms with Crippen molar-refractivity contribution in [1.29, 1.82) is 0 Å². The van der Waals surface area contributed by atoms with Crippen LogP contribution >= 0.6 is 34.7 Å². The second-order valence-electron chi connectivity index (χ2n) is 4.13. The van der Waals surface area contributed by atoms with Gasteiger partial charge in [-0.3, -0.25) is 4.79 Å². The van der Waals surface area contributed by atoms with E-state index in [1.807, 2.05) is 0 Å². The number of carbonyl (C=O) groups is 2. The summed E-state index contributed by atoms with van der Waals surface area (Å²) in [6.45, 7) is 0.745. The Kier molecular flexibility index (Phi) is 5.59. The Morgan fingerprint density at radius 1 is 1.50 bits per heavy atom. The molecule has 0 radical (unpaired) electrons. The van der Waals surface area contributed by atoms with Gasteiger partial charge in [0.2, 0.25) is 0 Å². The molecule has 1 aliphatic rings. The van der Waals surface area contributed by atoms with Crippen LogP contribution in [0.15, 0.2) is 0 Å². The van der Waals surface area contributed by atoms with E-state index in [9.17, 15) is 9.59 Å². The largest absolute Gasteiger partial charge is 0.451 e. The number of ether oxygens (including phenoxy) is 2. The molecule has 110 valence electrons. The minimum atomic E-state index is -0.773. The van der Waals surface area contributed by atoms with E-state index in [0.717, 1.165) is 31.0 Å². The Bertz CT molecular complexity index is 503. The standard InChI is InChI=1S/C11H12Cl2N2O4S/c12-8-9(15-20-10(8)13)11(17)19-5-7(16)14-4-6-2-1-3-18-6/h6H,1-5H2,(H,14,16)/t6-/m0/s1. The quantitative estimate of drug-likeness (QED) is 0.829. The third-order valence-electron chi connectivity index (χ3n) is 2.68. The van der Waals surface area contributed by atoms with Crippen molar-refractivity contribution >= 4 is 46.6 Å². The maximum atomic E-state index is 11.6. The van der Waals surface area contributed by atoms with Crippen molar-refractivity contribution in [3.63, 3.8) is 0 Å². The normalized spacial score (nSPS) is 18.0. The Morgan fingerprint density at radius 3 is 2.90 bits per heavy atom. The van der Waals surface area contributed by atoms with Crippen molar-refractivity contribution in [1.82, 2.24) is 9.69 Å². The van der Waals surface area contributed by atoms with Crippen LogP contribution in [-0.4, -0.2) is 42.1 Å². The van der Waals surface area contributed by atoms with Crippen LogP contribution in [0.5, 0.6) is 0 Å². The van der Waals surface area contributed by atoms with Crippen molar-refractivity contribution in [3.05, 3.63) is 15.1 Å². The number of nitrogens with zero attached hydrogens (tertiary/aromatic N) is 1. The molecule has 2 heterocycles. The molecule has 2 rings (SSSR count). The van der Waals surface area contributed by atoms with Crippen LogP contribution in [-0.2, 0) is 14.3 Å². The van der Waals surface area contributed by atoms with Crippen LogP contribution in [0.25, 0.3) is 0 Å². The van der Waals surface area contributed by atoms with E-state index < -0.39 is 18.5 Å². The van der Waals surface area contributed by atoms with Crippen LogP contribution in [0.2, 0.25) is 9.36 Å². The fraction of sp³-hybridized carbons (Fsp3) is 0.545. The number of amides is 1. The Hall–Kier alpha value is -0.890. The molecule has 1 atom stereocenters. The third kappa shape index (κ3) is 4.05. The topological polar surface area (TPSA) is 77.5 Å². The van der Waals surface area contributed by atoms with Gasteiger partial charge in [-0.2, -0.15) is 4.37 Å². The van der Waals surface area contributed by atoms with E-state index in [-0.39, 0.29) is 21.2 Å². The predicted molar refractivity (Wildman–Crippen MR) is 74.4 cm³/mol. The van der Waals surface area contributed by atoms with Gasteiger partial charge in [0.25, 0.3) is 5.91 Å². The number of rotatable bonds is 5. The zero-order valence-corrected chi connectivity index (χ0v) is 12.7. The molecular formula is C11H12Cl2N2O4S. The highest BCUT2D eigenvalue weighted by Crippen LogP contribution is 2.29. The third-order valence-corrected chi connectivity index (χ3v) is 4.29. The summed E-state index contributed by atoms with van der Waals surface area (Å²) in [4.78, 5) is 23.1. The first-order valence-electron chi connectivity index (χ1n) is 5.94. The molecule has 20 heavy (non-hydrogen) atoms. The summed E-state index contributed by atoms with van der Waals surface area (Å²) in [6.07, 6.45) is 1.97. The number of hydrogen-bond donors (Lipinski definition) is 1. The van der Waals surface area contributed by atoms with Gasteiger partial charge in [0.15, 0.2) is 12.3 Å². The summed E-state index contributed by atoms with van der Waals surface area (Å²) in [5.41, 5.74) is -0.0754. The maximum absolute atomic E-state index is 11.6. The molecular weight excluding hydrogens is 327 g/mol. The van der Waals surface area contributed by atoms with Crippen molar-refractivity contribution in [3.8, 4) is 0 Å². The minimum absolute atomic E-state index is 0.0430. The van der Waals surface area contributed by atoms with Gasteiger partial charge in [0.05, 0.1) is 6.10 Å². The van der Waals surface area contributed by atoms with Gasteiger partial charge in [-0.05, 0) is 24.4 Å². The van der Waals surface area contributed by atoms with E-state index in [1.54, 1.807) is 0 Å². The average molecular weight is 339 g/mol. The zero-order chi connectivity index (χ0) is 14.5. The first-order chi connectivity index (χ1) is 9.58. The lowest BCUT2D eigenvalue weighted by atomic mass is 10.2. The SMILES string of the molecule is O=C(COC(=O)c1nsc(Cl)c1Cl)NC[C@@H]1CCCO1. The minimum Gasteiger partial charge on any atom is -0.451 e. The van der Waals surface area contributed by atoms with Crippen molar-refractivity contribution in [2.24, 2.45) is 0 Å². The fourth-order valence-corrected chi connectivity index (χ4v) is 2.65. The summed E-state index contributed by atoms with van der Waals surface area (Å²) < 4.78 is 14.1. The first-order valence-corrected chi connectivity index (χ1v) is 7.47. The van der Waals surface area contributed by atoms with Gasteiger partial charge in [0, 0.05) is 13.2 Å². The monoisotopic (exact) mass is 338 g/mol. The summed E-state index contributed by atoms with van der Waals surface area (Å²) in [5, 5.41) is 2.68. The zero-order valence-electron chi connectivity index (χ0n) is 10.4. The molecule has 0 spiro atoms. The molecule has 0 unspecified atom stereocenters. The van der Waals surface area contributed by atoms with Crippen LogP contribution < -0.4 is 5.32 Å². The molecule has 0 aliphatic carbocycles. The van der Waals surface area contributed by atoms with Gasteiger partial charge >= 0.3 is 5.97 Å². The molecule has 6 nitrogen and oxygen atoms in total. The number of halogens is 2. The van der Waals surface area contributed by atoms with Gasteiger partial charge in [-0.15, -0.1) is 0 Å². The molecule has 9 heteroatoms. The molecule has 0 saturated carbocycles. The smallest absolute Gasteiger partial charge is 0.360 e. The van der Waals surface area contributed by atoms with E-state index in [2.05, 4.69) is 9.69 Å². The van der Waals surface area contributed by atoms with Crippen molar-refractivity contribution in [2.75, 3.05) is 19.8 Å². The molecule has 1 saturated heterocycles. The lowest BCUT2D eigenvalue weighted by Gasteiger charge is -2.10. The summed E-state index contributed by atoms with van der Waals surface area (Å²) in [5.74, 6) is -1.17. The van der Waals surface area contributed by atoms with E-state index in [1.165, 1.54) is 0 Å². The van der Waals surface area contributed by atoms with Crippen LogP contribution in [0.4, 0.5) is 0 Å². The summed E-state index contributed by atoms with van der Waals surface area (Å²) >= 11 is 12.3. The van der Waals surface area contributed by atoms with Gasteiger partial charge in [0.1, 0.15) is 9.36 Å². The summed E-state index contributed by atoms with van der Waals surface area (Å²) in [6, 6.07) is 0. The van der Waals surface area contributed by atoms with E-state index in [4.69, 9.17) is 32.7 Å². The second kappa shape index (κ2) is 7.21. The van der Waals surface area contributed by atoms with Crippen LogP contribution in [0, 0.1) is 0 Å². The number of esters is 1. The van der Waals surface area contributed by atoms with E-state index >= 15 is 0 Å². The molecule has 1 aromatic rings. The number of aromatic nitrogens is 1. The van der Waals surface area contributed by atoms with Gasteiger partial charge in [-0.25, -0.2) is 4.79 Å². The molecule has 0 bridgehead atoms. The second-order valence-corrected chi connectivity index (χ2v) is 5.89. The highest BCUT2D eigenvalue weighted by molar-refractivity contribution is 7.11. The van der Waals surface area contributed by atoms with Gasteiger partial charge in [-0.1, -0.05) is 23.2 Å². The molecule has 1 N–H and O–H groups in total. The molecule has 1 amide bonds. The molecule has 1 aliphatic heterocycles. The molecule has 1 fully saturated rings. The highest BCUT2D eigenvalue weighted by Gasteiger charge is 2.20. The van der Waals surface area contributed by atoms with E-state index in [0.29, 0.717) is 6.54 Å². The number of nitrogens with one attached hydrogen (secondary N) is 1. The fourth-order valence-electron chi connectivity index (χ4n) is 1.67. The van der Waals surface area contributed by atoms with Crippen LogP contribution in [0.1, 0.15) is 23.3 Å². The first kappa shape index (κ1) is 15.5. The summed E-state index contributed by atoms with van der Waals surface area (Å²) in [7, 11) is 0. The van der Waals surface area contributed by atoms with Crippen molar-refractivity contribution < 1.29 is 19.1 Å². The number of carbonyl (C=O) groups excluding carboxylic acids is 2. The Labute approximate surface area is 129 Å². The lowest BCUT2D eigenvalue weighted by molar-refractivity contribution is -0.124. The molecule has 0 aromatic carbocycles. The lowest BCUT2D eigenvalue weighted by Crippen LogP contribution is -2.34. The Morgan fingerprint density at radius 2 is 2.30 bits per heavy atom. The average Bonchev–Trinajstić information content (AvgIpc) is 3.05. The van der Waals surface area contributed by atoms with Crippen molar-refractivity contribution in [2.45, 2.75) is 18.9 Å². The van der Waals surface area contributed by atoms with Gasteiger partial charge < -0.3 is 14.8 Å². The highest BCUT2D eigenvalue weighted by atomic mass is 35.5.